The lowest BCUT2D eigenvalue weighted by atomic mass is 10.00. The molecule has 0 bridgehead atoms. The highest BCUT2D eigenvalue weighted by Gasteiger charge is 2.20. The second-order valence-electron chi connectivity index (χ2n) is 12.0. The zero-order valence-corrected chi connectivity index (χ0v) is 25.4. The Labute approximate surface area is 244 Å². The van der Waals surface area contributed by atoms with Crippen LogP contribution in [0.1, 0.15) is 50.9 Å². The fourth-order valence-corrected chi connectivity index (χ4v) is 6.76. The molecule has 2 heterocycles. The molecule has 0 amide bonds. The molecule has 0 atom stereocenters. The van der Waals surface area contributed by atoms with Crippen LogP contribution >= 0.6 is 0 Å². The highest BCUT2D eigenvalue weighted by atomic mass is 15.2. The van der Waals surface area contributed by atoms with Crippen molar-refractivity contribution in [3.63, 3.8) is 0 Å². The van der Waals surface area contributed by atoms with E-state index in [1.807, 2.05) is 0 Å². The lowest BCUT2D eigenvalue weighted by Gasteiger charge is -2.09. The monoisotopic (exact) mass is 542 g/mol. The number of nitrogens with zero attached hydrogens (tertiary/aromatic N) is 4. The minimum Gasteiger partial charge on any atom is -0.230 e. The van der Waals surface area contributed by atoms with Gasteiger partial charge in [0, 0.05) is 6.42 Å². The van der Waals surface area contributed by atoms with Gasteiger partial charge in [-0.15, -0.1) is 0 Å². The molecule has 208 valence electrons. The first-order chi connectivity index (χ1) is 19.8. The fourth-order valence-electron chi connectivity index (χ4n) is 6.76. The van der Waals surface area contributed by atoms with Crippen LogP contribution in [-0.2, 0) is 26.2 Å². The molecule has 0 saturated heterocycles. The number of imidazole rings is 2. The van der Waals surface area contributed by atoms with Crippen molar-refractivity contribution < 1.29 is 9.13 Å². The average Bonchev–Trinajstić information content (AvgIpc) is 3.46. The minimum atomic E-state index is 0.894. The highest BCUT2D eigenvalue weighted by Crippen LogP contribution is 2.20. The number of rotatable bonds is 8. The summed E-state index contributed by atoms with van der Waals surface area (Å²) in [6, 6.07) is 26.8. The van der Waals surface area contributed by atoms with Crippen LogP contribution in [0.25, 0.3) is 22.1 Å². The van der Waals surface area contributed by atoms with Gasteiger partial charge in [-0.05, 0) is 99.2 Å². The van der Waals surface area contributed by atoms with E-state index in [0.717, 1.165) is 32.6 Å². The molecule has 0 unspecified atom stereocenters. The first-order valence-corrected chi connectivity index (χ1v) is 14.9. The van der Waals surface area contributed by atoms with Crippen molar-refractivity contribution in [2.24, 2.45) is 0 Å². The van der Waals surface area contributed by atoms with Crippen molar-refractivity contribution in [3.05, 3.63) is 130 Å². The Morgan fingerprint density at radius 3 is 1.27 bits per heavy atom. The third-order valence-electron chi connectivity index (χ3n) is 8.69. The Kier molecular flexibility index (Phi) is 7.25. The zero-order valence-electron chi connectivity index (χ0n) is 25.4. The molecule has 41 heavy (non-hydrogen) atoms. The van der Waals surface area contributed by atoms with E-state index in [9.17, 15) is 0 Å². The van der Waals surface area contributed by atoms with Crippen LogP contribution in [0, 0.1) is 41.5 Å². The second-order valence-corrected chi connectivity index (χ2v) is 12.0. The van der Waals surface area contributed by atoms with Crippen LogP contribution < -0.4 is 9.13 Å². The molecule has 2 aromatic heterocycles. The van der Waals surface area contributed by atoms with Crippen LogP contribution in [0.4, 0.5) is 0 Å². The maximum atomic E-state index is 2.44. The normalized spacial score (nSPS) is 11.7. The molecule has 0 aliphatic carbocycles. The van der Waals surface area contributed by atoms with Crippen molar-refractivity contribution in [2.75, 3.05) is 0 Å². The summed E-state index contributed by atoms with van der Waals surface area (Å²) in [6.45, 7) is 17.1. The topological polar surface area (TPSA) is 17.6 Å². The van der Waals surface area contributed by atoms with Crippen LogP contribution in [-0.4, -0.2) is 9.13 Å². The number of hydrogen-bond donors (Lipinski definition) is 0. The Morgan fingerprint density at radius 2 is 0.878 bits per heavy atom. The number of aromatic nitrogens is 4. The lowest BCUT2D eigenvalue weighted by molar-refractivity contribution is -0.663. The second kappa shape index (κ2) is 11.0. The summed E-state index contributed by atoms with van der Waals surface area (Å²) in [7, 11) is 0. The summed E-state index contributed by atoms with van der Waals surface area (Å²) in [5, 5.41) is 0. The largest absolute Gasteiger partial charge is 0.245 e. The van der Waals surface area contributed by atoms with E-state index < -0.39 is 0 Å². The van der Waals surface area contributed by atoms with Crippen molar-refractivity contribution >= 4 is 22.1 Å². The smallest absolute Gasteiger partial charge is 0.230 e. The molecule has 4 aromatic carbocycles. The Hall–Kier alpha value is -4.18. The first-order valence-electron chi connectivity index (χ1n) is 14.9. The van der Waals surface area contributed by atoms with Crippen LogP contribution in [0.5, 0.6) is 0 Å². The lowest BCUT2D eigenvalue weighted by Crippen LogP contribution is -2.34. The maximum absolute atomic E-state index is 2.44. The van der Waals surface area contributed by atoms with E-state index in [4.69, 9.17) is 0 Å². The van der Waals surface area contributed by atoms with Gasteiger partial charge in [-0.2, -0.15) is 0 Å². The van der Waals surface area contributed by atoms with Crippen LogP contribution in [0.15, 0.2) is 85.5 Å². The Morgan fingerprint density at radius 1 is 0.512 bits per heavy atom. The van der Waals surface area contributed by atoms with Gasteiger partial charge < -0.3 is 0 Å². The first kappa shape index (κ1) is 27.0. The predicted octanol–water partition coefficient (Wildman–Crippen LogP) is 7.21. The number of para-hydroxylation sites is 4. The molecule has 6 aromatic rings. The average molecular weight is 543 g/mol. The van der Waals surface area contributed by atoms with E-state index in [0.29, 0.717) is 0 Å². The van der Waals surface area contributed by atoms with E-state index in [2.05, 4.69) is 145 Å². The van der Waals surface area contributed by atoms with Crippen molar-refractivity contribution in [2.45, 2.75) is 74.1 Å². The van der Waals surface area contributed by atoms with Crippen LogP contribution in [0.2, 0.25) is 0 Å². The quantitative estimate of drug-likeness (QED) is 0.181. The van der Waals surface area contributed by atoms with Gasteiger partial charge >= 0.3 is 0 Å². The van der Waals surface area contributed by atoms with Gasteiger partial charge in [0.2, 0.25) is 12.7 Å². The molecule has 0 fully saturated rings. The summed E-state index contributed by atoms with van der Waals surface area (Å²) in [4.78, 5) is 0. The van der Waals surface area contributed by atoms with E-state index in [-0.39, 0.29) is 0 Å². The minimum absolute atomic E-state index is 0.894. The van der Waals surface area contributed by atoms with Crippen LogP contribution in [0.3, 0.4) is 0 Å². The van der Waals surface area contributed by atoms with Crippen molar-refractivity contribution in [3.8, 4) is 0 Å². The fraction of sp³-hybridized carbons (Fsp3) is 0.297. The number of benzene rings is 4. The Bertz CT molecular complexity index is 1700. The van der Waals surface area contributed by atoms with Gasteiger partial charge in [-0.1, -0.05) is 59.7 Å². The standard InChI is InChI=1S/C37H42N4/c1-26-18-28(3)32(29(4)19-26)22-40-24-38(34-12-7-9-14-36(34)40)16-11-17-39-25-41(37-15-10-8-13-35(37)39)23-33-30(5)20-27(2)21-31(33)6/h7-10,12-15,18-21,24-25H,11,16-17,22-23H2,1-6H3/q+2. The molecule has 0 spiro atoms. The molecule has 6 rings (SSSR count). The van der Waals surface area contributed by atoms with Gasteiger partial charge in [0.05, 0.1) is 13.1 Å². The van der Waals surface area contributed by atoms with Gasteiger partial charge in [0.25, 0.3) is 0 Å². The van der Waals surface area contributed by atoms with E-state index >= 15 is 0 Å². The molecule has 0 radical (unpaired) electrons. The number of fused-ring (bicyclic) bond motifs is 2. The SMILES string of the molecule is Cc1cc(C)c(C[n+]2cn(CCCn3c[n+](Cc4c(C)cc(C)cc4C)c4ccccc43)c3ccccc32)c(C)c1. The molecule has 0 N–H and O–H groups in total. The molecular formula is C37H42N4+2. The summed E-state index contributed by atoms with van der Waals surface area (Å²) >= 11 is 0. The molecular weight excluding hydrogens is 500 g/mol. The Balaban J connectivity index is 1.25. The van der Waals surface area contributed by atoms with E-state index in [1.54, 1.807) is 0 Å². The van der Waals surface area contributed by atoms with Gasteiger partial charge in [0.1, 0.15) is 13.1 Å². The summed E-state index contributed by atoms with van der Waals surface area (Å²) in [5.41, 5.74) is 16.2. The van der Waals surface area contributed by atoms with Gasteiger partial charge in [0.15, 0.2) is 22.1 Å². The summed E-state index contributed by atoms with van der Waals surface area (Å²) in [6.07, 6.45) is 5.70. The third-order valence-corrected chi connectivity index (χ3v) is 8.69. The highest BCUT2D eigenvalue weighted by molar-refractivity contribution is 5.72. The summed E-state index contributed by atoms with van der Waals surface area (Å²) < 4.78 is 9.72. The molecule has 0 saturated carbocycles. The van der Waals surface area contributed by atoms with E-state index in [1.165, 1.54) is 66.6 Å². The predicted molar refractivity (Wildman–Crippen MR) is 168 cm³/mol. The van der Waals surface area contributed by atoms with Crippen molar-refractivity contribution in [1.82, 2.24) is 9.13 Å². The van der Waals surface area contributed by atoms with Gasteiger partial charge in [-0.25, -0.2) is 18.3 Å². The van der Waals surface area contributed by atoms with Crippen molar-refractivity contribution in [1.29, 1.82) is 0 Å². The molecule has 4 nitrogen and oxygen atoms in total. The number of aryl methyl sites for hydroxylation is 8. The van der Waals surface area contributed by atoms with Gasteiger partial charge in [-0.3, -0.25) is 0 Å². The molecule has 4 heteroatoms. The number of hydrogen-bond acceptors (Lipinski definition) is 0. The third kappa shape index (κ3) is 5.31. The summed E-state index contributed by atoms with van der Waals surface area (Å²) in [5.74, 6) is 0. The zero-order chi connectivity index (χ0) is 28.7. The maximum Gasteiger partial charge on any atom is 0.245 e. The molecule has 0 aliphatic rings. The molecule has 0 aliphatic heterocycles.